The van der Waals surface area contributed by atoms with Gasteiger partial charge in [0.05, 0.1) is 9.26 Å². The van der Waals surface area contributed by atoms with E-state index < -0.39 is 0 Å². The van der Waals surface area contributed by atoms with Crippen LogP contribution < -0.4 is 9.47 Å². The molecule has 0 N–H and O–H groups in total. The molecule has 1 aliphatic carbocycles. The highest BCUT2D eigenvalue weighted by atomic mass is 127. The smallest absolute Gasteiger partial charge is 0.162 e. The van der Waals surface area contributed by atoms with Crippen LogP contribution in [-0.4, -0.2) is 23.2 Å². The molecule has 0 atom stereocenters. The molecule has 21 heavy (non-hydrogen) atoms. The van der Waals surface area contributed by atoms with Crippen molar-refractivity contribution in [3.8, 4) is 22.9 Å². The Morgan fingerprint density at radius 1 is 1.10 bits per heavy atom. The van der Waals surface area contributed by atoms with Crippen molar-refractivity contribution in [1.29, 1.82) is 0 Å². The van der Waals surface area contributed by atoms with Gasteiger partial charge in [-0.15, -0.1) is 0 Å². The zero-order valence-electron chi connectivity index (χ0n) is 11.1. The summed E-state index contributed by atoms with van der Waals surface area (Å²) in [6.45, 7) is 1.15. The molecule has 0 bridgehead atoms. The molecule has 1 aliphatic heterocycles. The molecule has 4 rings (SSSR count). The van der Waals surface area contributed by atoms with Crippen LogP contribution in [0.3, 0.4) is 0 Å². The molecule has 0 spiro atoms. The average molecular weight is 415 g/mol. The van der Waals surface area contributed by atoms with Gasteiger partial charge >= 0.3 is 0 Å². The van der Waals surface area contributed by atoms with E-state index in [4.69, 9.17) is 26.1 Å². The molecule has 2 aromatic rings. The number of rotatable bonds is 2. The Labute approximate surface area is 141 Å². The maximum absolute atomic E-state index is 6.27. The third-order valence-corrected chi connectivity index (χ3v) is 5.26. The number of fused-ring (bicyclic) bond motifs is 1. The van der Waals surface area contributed by atoms with Crippen LogP contribution >= 0.6 is 34.2 Å². The molecule has 0 saturated heterocycles. The van der Waals surface area contributed by atoms with Crippen LogP contribution in [0.25, 0.3) is 11.4 Å². The molecule has 4 nitrogen and oxygen atoms in total. The minimum absolute atomic E-state index is 0.525. The van der Waals surface area contributed by atoms with Crippen molar-refractivity contribution in [2.45, 2.75) is 18.8 Å². The van der Waals surface area contributed by atoms with E-state index >= 15 is 0 Å². The van der Waals surface area contributed by atoms with Crippen molar-refractivity contribution in [2.75, 3.05) is 13.2 Å². The molecule has 1 aromatic heterocycles. The van der Waals surface area contributed by atoms with Crippen molar-refractivity contribution in [3.05, 3.63) is 32.6 Å². The van der Waals surface area contributed by atoms with Crippen LogP contribution in [0.2, 0.25) is 5.15 Å². The second-order valence-electron chi connectivity index (χ2n) is 5.17. The fourth-order valence-electron chi connectivity index (χ4n) is 2.37. The summed E-state index contributed by atoms with van der Waals surface area (Å²) >= 11 is 8.50. The lowest BCUT2D eigenvalue weighted by atomic mass is 10.1. The van der Waals surface area contributed by atoms with Gasteiger partial charge in [0.1, 0.15) is 18.4 Å². The highest BCUT2D eigenvalue weighted by molar-refractivity contribution is 14.1. The van der Waals surface area contributed by atoms with Gasteiger partial charge in [-0.1, -0.05) is 11.6 Å². The highest BCUT2D eigenvalue weighted by Gasteiger charge is 2.29. The first-order valence-corrected chi connectivity index (χ1v) is 8.31. The Balaban J connectivity index is 1.79. The molecule has 2 heterocycles. The standard InChI is InChI=1S/C15H12ClIN2O2/c16-14-12(17)13(8-1-2-8)18-15(19-14)9-3-4-10-11(7-9)21-6-5-20-10/h3-4,7-8H,1-2,5-6H2. The van der Waals surface area contributed by atoms with E-state index in [1.807, 2.05) is 18.2 Å². The number of hydrogen-bond acceptors (Lipinski definition) is 4. The van der Waals surface area contributed by atoms with E-state index in [0.29, 0.717) is 30.1 Å². The van der Waals surface area contributed by atoms with Crippen LogP contribution in [0.1, 0.15) is 24.5 Å². The quantitative estimate of drug-likeness (QED) is 0.549. The Kier molecular flexibility index (Phi) is 3.41. The first-order valence-electron chi connectivity index (χ1n) is 6.85. The van der Waals surface area contributed by atoms with Crippen LogP contribution in [0, 0.1) is 3.57 Å². The zero-order valence-corrected chi connectivity index (χ0v) is 14.0. The van der Waals surface area contributed by atoms with E-state index in [0.717, 1.165) is 26.3 Å². The van der Waals surface area contributed by atoms with E-state index in [2.05, 4.69) is 27.6 Å². The summed E-state index contributed by atoms with van der Waals surface area (Å²) in [7, 11) is 0. The fraction of sp³-hybridized carbons (Fsp3) is 0.333. The lowest BCUT2D eigenvalue weighted by Gasteiger charge is -2.18. The molecule has 108 valence electrons. The Hall–Kier alpha value is -1.08. The van der Waals surface area contributed by atoms with Crippen molar-refractivity contribution in [3.63, 3.8) is 0 Å². The van der Waals surface area contributed by atoms with Gasteiger partial charge in [0.2, 0.25) is 0 Å². The summed E-state index contributed by atoms with van der Waals surface area (Å²) in [6, 6.07) is 5.77. The molecule has 0 amide bonds. The largest absolute Gasteiger partial charge is 0.486 e. The monoisotopic (exact) mass is 414 g/mol. The second-order valence-corrected chi connectivity index (χ2v) is 6.61. The molecule has 2 aliphatic rings. The second kappa shape index (κ2) is 5.28. The molecular weight excluding hydrogens is 403 g/mol. The van der Waals surface area contributed by atoms with Crippen LogP contribution in [-0.2, 0) is 0 Å². The highest BCUT2D eigenvalue weighted by Crippen LogP contribution is 2.43. The molecule has 1 aromatic carbocycles. The van der Waals surface area contributed by atoms with Gasteiger partial charge < -0.3 is 9.47 Å². The SMILES string of the molecule is Clc1nc(-c2ccc3c(c2)OCCO3)nc(C2CC2)c1I. The zero-order chi connectivity index (χ0) is 14.4. The van der Waals surface area contributed by atoms with Gasteiger partial charge in [-0.3, -0.25) is 0 Å². The summed E-state index contributed by atoms with van der Waals surface area (Å²) in [5.74, 6) is 2.70. The minimum atomic E-state index is 0.525. The first-order chi connectivity index (χ1) is 10.2. The van der Waals surface area contributed by atoms with Gasteiger partial charge in [0.15, 0.2) is 17.3 Å². The first kappa shape index (κ1) is 13.6. The lowest BCUT2D eigenvalue weighted by molar-refractivity contribution is 0.171. The maximum atomic E-state index is 6.27. The van der Waals surface area contributed by atoms with Crippen LogP contribution in [0.15, 0.2) is 18.2 Å². The van der Waals surface area contributed by atoms with Gasteiger partial charge in [0, 0.05) is 11.5 Å². The van der Waals surface area contributed by atoms with Gasteiger partial charge in [-0.25, -0.2) is 9.97 Å². The van der Waals surface area contributed by atoms with E-state index in [9.17, 15) is 0 Å². The lowest BCUT2D eigenvalue weighted by Crippen LogP contribution is -2.15. The average Bonchev–Trinajstić information content (AvgIpc) is 3.34. The van der Waals surface area contributed by atoms with E-state index in [-0.39, 0.29) is 0 Å². The molecule has 0 radical (unpaired) electrons. The molecule has 1 fully saturated rings. The predicted molar refractivity (Wildman–Crippen MR) is 88.2 cm³/mol. The van der Waals surface area contributed by atoms with Crippen LogP contribution in [0.5, 0.6) is 11.5 Å². The minimum Gasteiger partial charge on any atom is -0.486 e. The summed E-state index contributed by atoms with van der Waals surface area (Å²) in [6.07, 6.45) is 2.37. The number of benzene rings is 1. The number of hydrogen-bond donors (Lipinski definition) is 0. The topological polar surface area (TPSA) is 44.2 Å². The number of nitrogens with zero attached hydrogens (tertiary/aromatic N) is 2. The van der Waals surface area contributed by atoms with Crippen molar-refractivity contribution in [2.24, 2.45) is 0 Å². The summed E-state index contributed by atoms with van der Waals surface area (Å²) in [4.78, 5) is 9.13. The third kappa shape index (κ3) is 2.57. The van der Waals surface area contributed by atoms with Gasteiger partial charge in [-0.2, -0.15) is 0 Å². The predicted octanol–water partition coefficient (Wildman–Crippen LogP) is 4.05. The van der Waals surface area contributed by atoms with Crippen molar-refractivity contribution in [1.82, 2.24) is 9.97 Å². The number of halogens is 2. The third-order valence-electron chi connectivity index (χ3n) is 3.60. The summed E-state index contributed by atoms with van der Waals surface area (Å²) < 4.78 is 12.1. The van der Waals surface area contributed by atoms with Crippen molar-refractivity contribution >= 4 is 34.2 Å². The number of aromatic nitrogens is 2. The van der Waals surface area contributed by atoms with E-state index in [1.54, 1.807) is 0 Å². The Morgan fingerprint density at radius 2 is 1.86 bits per heavy atom. The number of ether oxygens (including phenoxy) is 2. The van der Waals surface area contributed by atoms with Gasteiger partial charge in [-0.05, 0) is 53.6 Å². The summed E-state index contributed by atoms with van der Waals surface area (Å²) in [5, 5.41) is 0.525. The molecule has 1 saturated carbocycles. The normalized spacial score (nSPS) is 16.9. The van der Waals surface area contributed by atoms with Crippen molar-refractivity contribution < 1.29 is 9.47 Å². The Morgan fingerprint density at radius 3 is 2.62 bits per heavy atom. The fourth-order valence-corrected chi connectivity index (χ4v) is 3.23. The molecular formula is C15H12ClIN2O2. The molecule has 0 unspecified atom stereocenters. The molecule has 6 heteroatoms. The van der Waals surface area contributed by atoms with Crippen LogP contribution in [0.4, 0.5) is 0 Å². The Bertz CT molecular complexity index is 719. The maximum Gasteiger partial charge on any atom is 0.162 e. The van der Waals surface area contributed by atoms with Gasteiger partial charge in [0.25, 0.3) is 0 Å². The van der Waals surface area contributed by atoms with E-state index in [1.165, 1.54) is 12.8 Å². The summed E-state index contributed by atoms with van der Waals surface area (Å²) in [5.41, 5.74) is 1.97.